The van der Waals surface area contributed by atoms with Gasteiger partial charge < -0.3 is 30.9 Å². The van der Waals surface area contributed by atoms with Crippen LogP contribution in [0, 0.1) is 12.3 Å². The van der Waals surface area contributed by atoms with Gasteiger partial charge >= 0.3 is 0 Å². The molecule has 2 aliphatic heterocycles. The Hall–Kier alpha value is -3.76. The number of hydrogen-bond acceptors (Lipinski definition) is 9. The van der Waals surface area contributed by atoms with Crippen LogP contribution in [0.3, 0.4) is 0 Å². The summed E-state index contributed by atoms with van der Waals surface area (Å²) in [4.78, 5) is 31.3. The quantitative estimate of drug-likeness (QED) is 0.409. The minimum Gasteiger partial charge on any atom is -0.380 e. The van der Waals surface area contributed by atoms with Gasteiger partial charge in [0.2, 0.25) is 0 Å². The number of rotatable bonds is 7. The molecule has 2 saturated heterocycles. The Bertz CT molecular complexity index is 1360. The van der Waals surface area contributed by atoms with Crippen molar-refractivity contribution in [2.24, 2.45) is 11.1 Å². The zero-order valence-corrected chi connectivity index (χ0v) is 23.3. The van der Waals surface area contributed by atoms with Crippen molar-refractivity contribution in [3.63, 3.8) is 0 Å². The molecule has 1 saturated carbocycles. The molecule has 1 amide bonds. The van der Waals surface area contributed by atoms with Gasteiger partial charge in [-0.3, -0.25) is 9.78 Å². The lowest BCUT2D eigenvalue weighted by Gasteiger charge is -2.46. The van der Waals surface area contributed by atoms with Crippen LogP contribution in [0.15, 0.2) is 42.6 Å². The molecule has 1 aromatic carbocycles. The Morgan fingerprint density at radius 3 is 2.38 bits per heavy atom. The molecule has 0 radical (unpaired) electrons. The molecule has 6 rings (SSSR count). The molecule has 3 aromatic rings. The number of amides is 1. The number of benzene rings is 1. The fourth-order valence-electron chi connectivity index (χ4n) is 5.89. The summed E-state index contributed by atoms with van der Waals surface area (Å²) in [5.41, 5.74) is 10.6. The van der Waals surface area contributed by atoms with Gasteiger partial charge in [0.25, 0.3) is 5.91 Å². The number of primary amides is 1. The average Bonchev–Trinajstić information content (AvgIpc) is 2.93. The highest BCUT2D eigenvalue weighted by Gasteiger charge is 2.41. The maximum atomic E-state index is 12.6. The molecule has 2 aromatic heterocycles. The van der Waals surface area contributed by atoms with Gasteiger partial charge in [-0.15, -0.1) is 0 Å². The molecule has 10 heteroatoms. The number of nitrogens with zero attached hydrogens (tertiary/aromatic N) is 5. The van der Waals surface area contributed by atoms with Crippen molar-refractivity contribution in [3.05, 3.63) is 54.0 Å². The van der Waals surface area contributed by atoms with Gasteiger partial charge in [0.05, 0.1) is 13.2 Å². The first-order valence-electron chi connectivity index (χ1n) is 14.2. The van der Waals surface area contributed by atoms with Crippen molar-refractivity contribution in [1.29, 1.82) is 0 Å². The Morgan fingerprint density at radius 2 is 1.75 bits per heavy atom. The Balaban J connectivity index is 1.29. The smallest absolute Gasteiger partial charge is 0.271 e. The lowest BCUT2D eigenvalue weighted by molar-refractivity contribution is -0.131. The highest BCUT2D eigenvalue weighted by atomic mass is 16.5. The third kappa shape index (κ3) is 5.59. The molecule has 3 fully saturated rings. The third-order valence-electron chi connectivity index (χ3n) is 8.50. The predicted molar refractivity (Wildman–Crippen MR) is 157 cm³/mol. The van der Waals surface area contributed by atoms with Crippen molar-refractivity contribution >= 4 is 28.9 Å². The van der Waals surface area contributed by atoms with E-state index in [1.165, 1.54) is 5.69 Å². The van der Waals surface area contributed by atoms with E-state index in [-0.39, 0.29) is 11.7 Å². The molecule has 4 N–H and O–H groups in total. The summed E-state index contributed by atoms with van der Waals surface area (Å²) in [5, 5.41) is 6.98. The van der Waals surface area contributed by atoms with Crippen molar-refractivity contribution in [3.8, 4) is 11.3 Å². The van der Waals surface area contributed by atoms with Gasteiger partial charge in [0.1, 0.15) is 5.69 Å². The van der Waals surface area contributed by atoms with Crippen molar-refractivity contribution in [2.75, 3.05) is 62.0 Å². The average molecular weight is 543 g/mol. The first kappa shape index (κ1) is 26.5. The topological polar surface area (TPSA) is 122 Å². The number of aryl methyl sites for hydroxylation is 1. The molecule has 40 heavy (non-hydrogen) atoms. The second kappa shape index (κ2) is 11.0. The van der Waals surface area contributed by atoms with Gasteiger partial charge in [-0.1, -0.05) is 0 Å². The minimum absolute atomic E-state index is 0.104. The van der Waals surface area contributed by atoms with E-state index in [4.69, 9.17) is 20.4 Å². The zero-order valence-electron chi connectivity index (χ0n) is 23.3. The van der Waals surface area contributed by atoms with E-state index in [9.17, 15) is 4.79 Å². The molecule has 0 atom stereocenters. The summed E-state index contributed by atoms with van der Waals surface area (Å²) >= 11 is 0. The number of ether oxygens (including phenoxy) is 1. The third-order valence-corrected chi connectivity index (χ3v) is 8.50. The highest BCUT2D eigenvalue weighted by Crippen LogP contribution is 2.43. The summed E-state index contributed by atoms with van der Waals surface area (Å²) in [6.45, 7) is 7.77. The van der Waals surface area contributed by atoms with Crippen LogP contribution in [0.4, 0.5) is 23.0 Å². The molecule has 0 bridgehead atoms. The Morgan fingerprint density at radius 1 is 1.02 bits per heavy atom. The van der Waals surface area contributed by atoms with Crippen LogP contribution in [0.5, 0.6) is 0 Å². The van der Waals surface area contributed by atoms with E-state index < -0.39 is 5.91 Å². The fourth-order valence-corrected chi connectivity index (χ4v) is 5.89. The molecular weight excluding hydrogens is 504 g/mol. The number of carbonyl (C=O) groups is 1. The second-order valence-corrected chi connectivity index (χ2v) is 11.5. The summed E-state index contributed by atoms with van der Waals surface area (Å²) in [6, 6.07) is 12.3. The zero-order chi connectivity index (χ0) is 27.7. The van der Waals surface area contributed by atoms with Crippen LogP contribution in [0.25, 0.3) is 11.3 Å². The van der Waals surface area contributed by atoms with Crippen molar-refractivity contribution in [2.45, 2.75) is 38.6 Å². The number of nitrogens with two attached hydrogens (primary N) is 1. The number of piperazine rings is 1. The van der Waals surface area contributed by atoms with Crippen LogP contribution >= 0.6 is 0 Å². The van der Waals surface area contributed by atoms with Crippen LogP contribution in [0.1, 0.15) is 41.9 Å². The van der Waals surface area contributed by atoms with Gasteiger partial charge in [-0.05, 0) is 76.1 Å². The lowest BCUT2D eigenvalue weighted by Crippen LogP contribution is -2.47. The van der Waals surface area contributed by atoms with Crippen LogP contribution in [0.2, 0.25) is 0 Å². The summed E-state index contributed by atoms with van der Waals surface area (Å²) < 4.78 is 5.51. The highest BCUT2D eigenvalue weighted by molar-refractivity contribution is 5.97. The predicted octanol–water partition coefficient (Wildman–Crippen LogP) is 3.81. The summed E-state index contributed by atoms with van der Waals surface area (Å²) in [6.07, 6.45) is 6.08. The molecule has 0 unspecified atom stereocenters. The number of likely N-dealkylation sites (N-methyl/N-ethyl adjacent to an activating group) is 1. The molecule has 210 valence electrons. The van der Waals surface area contributed by atoms with Gasteiger partial charge in [-0.25, -0.2) is 9.97 Å². The fraction of sp³-hybridized carbons (Fsp3) is 0.467. The maximum Gasteiger partial charge on any atom is 0.271 e. The number of hydrogen-bond donors (Lipinski definition) is 3. The Kier molecular flexibility index (Phi) is 7.29. The second-order valence-electron chi connectivity index (χ2n) is 11.5. The van der Waals surface area contributed by atoms with E-state index in [1.54, 1.807) is 6.20 Å². The van der Waals surface area contributed by atoms with E-state index in [0.717, 1.165) is 82.0 Å². The van der Waals surface area contributed by atoms with Gasteiger partial charge in [-0.2, -0.15) is 0 Å². The van der Waals surface area contributed by atoms with Crippen LogP contribution in [-0.2, 0) is 4.74 Å². The van der Waals surface area contributed by atoms with Crippen molar-refractivity contribution in [1.82, 2.24) is 19.9 Å². The number of carbonyl (C=O) groups excluding carboxylic acids is 1. The Labute approximate surface area is 235 Å². The molecule has 1 aliphatic carbocycles. The number of nitrogens with one attached hydrogen (secondary N) is 2. The van der Waals surface area contributed by atoms with Crippen LogP contribution < -0.4 is 21.3 Å². The first-order valence-corrected chi connectivity index (χ1v) is 14.2. The van der Waals surface area contributed by atoms with E-state index in [1.807, 2.05) is 31.2 Å². The molecule has 1 spiro atoms. The minimum atomic E-state index is -0.632. The maximum absolute atomic E-state index is 12.6. The summed E-state index contributed by atoms with van der Waals surface area (Å²) in [5.74, 6) is 0.349. The molecule has 10 nitrogen and oxygen atoms in total. The van der Waals surface area contributed by atoms with Crippen LogP contribution in [-0.4, -0.2) is 78.2 Å². The van der Waals surface area contributed by atoms with Crippen molar-refractivity contribution < 1.29 is 9.53 Å². The molecule has 3 aliphatic rings. The monoisotopic (exact) mass is 542 g/mol. The number of aromatic nitrogens is 3. The molecular formula is C30H38N8O2. The van der Waals surface area contributed by atoms with E-state index in [0.29, 0.717) is 22.7 Å². The van der Waals surface area contributed by atoms with E-state index in [2.05, 4.69) is 44.6 Å². The van der Waals surface area contributed by atoms with E-state index >= 15 is 0 Å². The standard InChI is InChI=1S/C30H38N8O2/c1-20-17-21(9-12-32-20)25-28(34-23-7-10-30(11-8-23)18-40-19-30)36-29(26(35-25)27(31)39)33-22-3-5-24(6-4-22)38-15-13-37(2)14-16-38/h3-6,9,12,17,23H,7-8,10-11,13-16,18-19H2,1-2H3,(H2,31,39)(H2,33,34,36). The lowest BCUT2D eigenvalue weighted by atomic mass is 9.71. The molecule has 4 heterocycles. The van der Waals surface area contributed by atoms with Gasteiger partial charge in [0.15, 0.2) is 17.3 Å². The van der Waals surface area contributed by atoms with Gasteiger partial charge in [0, 0.05) is 66.5 Å². The summed E-state index contributed by atoms with van der Waals surface area (Å²) in [7, 11) is 2.15. The number of anilines is 4. The number of pyridine rings is 1. The first-order chi connectivity index (χ1) is 19.4. The largest absolute Gasteiger partial charge is 0.380 e. The normalized spacial score (nSPS) is 19.3. The SMILES string of the molecule is Cc1cc(-c2nc(C(N)=O)c(Nc3ccc(N4CCN(C)CC4)cc3)nc2NC2CCC3(CC2)COC3)ccn1.